The molecule has 0 saturated carbocycles. The molecule has 7 heteroatoms. The van der Waals surface area contributed by atoms with Gasteiger partial charge in [-0.25, -0.2) is 0 Å². The molecule has 0 bridgehead atoms. The predicted octanol–water partition coefficient (Wildman–Crippen LogP) is 6.45. The summed E-state index contributed by atoms with van der Waals surface area (Å²) in [5, 5.41) is 5.15. The van der Waals surface area contributed by atoms with E-state index in [0.717, 1.165) is 43.7 Å². The fraction of sp³-hybridized carbons (Fsp3) is 0.478. The van der Waals surface area contributed by atoms with Crippen LogP contribution < -0.4 is 14.8 Å². The topological polar surface area (TPSA) is 33.7 Å². The zero-order chi connectivity index (χ0) is 21.9. The van der Waals surface area contributed by atoms with E-state index in [4.69, 9.17) is 44.3 Å². The summed E-state index contributed by atoms with van der Waals surface area (Å²) in [6.45, 7) is 12.1. The van der Waals surface area contributed by atoms with Crippen LogP contribution in [-0.2, 0) is 13.2 Å². The Balaban J connectivity index is 1.97. The van der Waals surface area contributed by atoms with Crippen molar-refractivity contribution in [1.82, 2.24) is 10.2 Å². The monoisotopic (exact) mass is 472 g/mol. The average molecular weight is 474 g/mol. The summed E-state index contributed by atoms with van der Waals surface area (Å²) in [6.07, 6.45) is 1.10. The molecule has 30 heavy (non-hydrogen) atoms. The molecule has 0 heterocycles. The Morgan fingerprint density at radius 2 is 1.60 bits per heavy atom. The quantitative estimate of drug-likeness (QED) is 0.339. The van der Waals surface area contributed by atoms with Gasteiger partial charge < -0.3 is 19.7 Å². The molecular weight excluding hydrogens is 443 g/mol. The number of rotatable bonds is 13. The zero-order valence-corrected chi connectivity index (χ0v) is 20.2. The number of nitrogens with zero attached hydrogens (tertiary/aromatic N) is 1. The van der Waals surface area contributed by atoms with Crippen LogP contribution in [0, 0.1) is 0 Å². The first-order valence-electron chi connectivity index (χ1n) is 10.4. The molecule has 1 N–H and O–H groups in total. The largest absolute Gasteiger partial charge is 0.490 e. The Morgan fingerprint density at radius 1 is 0.867 bits per heavy atom. The van der Waals surface area contributed by atoms with Crippen molar-refractivity contribution in [2.45, 2.75) is 40.3 Å². The van der Waals surface area contributed by atoms with Gasteiger partial charge in [-0.2, -0.15) is 0 Å². The van der Waals surface area contributed by atoms with E-state index in [2.05, 4.69) is 24.1 Å². The third-order valence-electron chi connectivity index (χ3n) is 4.83. The number of hydrogen-bond acceptors (Lipinski definition) is 4. The predicted molar refractivity (Wildman–Crippen MR) is 128 cm³/mol. The first-order chi connectivity index (χ1) is 14.5. The van der Waals surface area contributed by atoms with Gasteiger partial charge in [0.1, 0.15) is 6.61 Å². The lowest BCUT2D eigenvalue weighted by atomic mass is 10.2. The van der Waals surface area contributed by atoms with Gasteiger partial charge in [-0.3, -0.25) is 0 Å². The molecule has 0 aliphatic rings. The number of nitrogens with one attached hydrogen (secondary N) is 1. The van der Waals surface area contributed by atoms with Crippen LogP contribution >= 0.6 is 34.8 Å². The van der Waals surface area contributed by atoms with Crippen molar-refractivity contribution in [3.05, 3.63) is 56.5 Å². The van der Waals surface area contributed by atoms with Crippen molar-refractivity contribution in [3.63, 3.8) is 0 Å². The van der Waals surface area contributed by atoms with Gasteiger partial charge in [-0.15, -0.1) is 0 Å². The lowest BCUT2D eigenvalue weighted by Gasteiger charge is -2.18. The van der Waals surface area contributed by atoms with Crippen LogP contribution in [-0.4, -0.2) is 37.7 Å². The minimum Gasteiger partial charge on any atom is -0.490 e. The van der Waals surface area contributed by atoms with Gasteiger partial charge in [-0.1, -0.05) is 54.7 Å². The van der Waals surface area contributed by atoms with Gasteiger partial charge in [0.15, 0.2) is 11.5 Å². The normalized spacial score (nSPS) is 11.2. The molecule has 0 aliphatic carbocycles. The van der Waals surface area contributed by atoms with Gasteiger partial charge >= 0.3 is 0 Å². The van der Waals surface area contributed by atoms with E-state index in [9.17, 15) is 0 Å². The molecule has 2 aromatic carbocycles. The second-order valence-electron chi connectivity index (χ2n) is 6.92. The molecule has 0 radical (unpaired) electrons. The number of ether oxygens (including phenoxy) is 2. The maximum Gasteiger partial charge on any atom is 0.163 e. The molecule has 0 aliphatic heterocycles. The van der Waals surface area contributed by atoms with Gasteiger partial charge in [0, 0.05) is 17.6 Å². The molecule has 0 spiro atoms. The van der Waals surface area contributed by atoms with E-state index < -0.39 is 0 Å². The Morgan fingerprint density at radius 3 is 2.27 bits per heavy atom. The molecule has 0 unspecified atom stereocenters. The Bertz CT molecular complexity index is 798. The molecule has 166 valence electrons. The second kappa shape index (κ2) is 13.3. The van der Waals surface area contributed by atoms with Crippen LogP contribution in [0.3, 0.4) is 0 Å². The van der Waals surface area contributed by atoms with E-state index in [0.29, 0.717) is 46.3 Å². The molecule has 0 saturated heterocycles. The highest BCUT2D eigenvalue weighted by Crippen LogP contribution is 2.34. The fourth-order valence-corrected chi connectivity index (χ4v) is 3.62. The summed E-state index contributed by atoms with van der Waals surface area (Å²) >= 11 is 18.6. The molecule has 4 nitrogen and oxygen atoms in total. The number of hydrogen-bond donors (Lipinski definition) is 1. The van der Waals surface area contributed by atoms with Crippen molar-refractivity contribution >= 4 is 34.8 Å². The van der Waals surface area contributed by atoms with E-state index >= 15 is 0 Å². The Hall–Kier alpha value is -1.17. The van der Waals surface area contributed by atoms with Gasteiger partial charge in [0.25, 0.3) is 0 Å². The smallest absolute Gasteiger partial charge is 0.163 e. The Labute approximate surface area is 195 Å². The highest BCUT2D eigenvalue weighted by molar-refractivity contribution is 6.42. The summed E-state index contributed by atoms with van der Waals surface area (Å²) in [7, 11) is 0. The molecule has 2 rings (SSSR count). The van der Waals surface area contributed by atoms with E-state index in [1.807, 2.05) is 25.1 Å². The molecule has 2 aromatic rings. The third-order valence-corrected chi connectivity index (χ3v) is 5.92. The second-order valence-corrected chi connectivity index (χ2v) is 8.14. The van der Waals surface area contributed by atoms with Crippen molar-refractivity contribution in [3.8, 4) is 11.5 Å². The van der Waals surface area contributed by atoms with Crippen LogP contribution in [0.25, 0.3) is 0 Å². The third kappa shape index (κ3) is 7.82. The average Bonchev–Trinajstić information content (AvgIpc) is 2.74. The molecular formula is C23H31Cl3N2O2. The van der Waals surface area contributed by atoms with Crippen LogP contribution in [0.2, 0.25) is 15.1 Å². The summed E-state index contributed by atoms with van der Waals surface area (Å²) in [6, 6.07) is 9.20. The molecule has 0 fully saturated rings. The summed E-state index contributed by atoms with van der Waals surface area (Å²) < 4.78 is 11.8. The number of halogens is 3. The van der Waals surface area contributed by atoms with Crippen molar-refractivity contribution < 1.29 is 9.47 Å². The van der Waals surface area contributed by atoms with Crippen LogP contribution in [0.15, 0.2) is 30.3 Å². The van der Waals surface area contributed by atoms with E-state index in [1.54, 1.807) is 12.1 Å². The highest BCUT2D eigenvalue weighted by atomic mass is 35.5. The first-order valence-corrected chi connectivity index (χ1v) is 11.6. The highest BCUT2D eigenvalue weighted by Gasteiger charge is 2.12. The summed E-state index contributed by atoms with van der Waals surface area (Å²) in [4.78, 5) is 2.42. The van der Waals surface area contributed by atoms with Crippen LogP contribution in [0.4, 0.5) is 0 Å². The fourth-order valence-electron chi connectivity index (χ4n) is 3.07. The molecule has 0 atom stereocenters. The first kappa shape index (κ1) is 25.1. The van der Waals surface area contributed by atoms with Crippen molar-refractivity contribution in [2.75, 3.05) is 32.8 Å². The molecule has 0 amide bonds. The van der Waals surface area contributed by atoms with Crippen LogP contribution in [0.5, 0.6) is 11.5 Å². The van der Waals surface area contributed by atoms with Crippen LogP contribution in [0.1, 0.15) is 38.3 Å². The van der Waals surface area contributed by atoms with Crippen molar-refractivity contribution in [1.29, 1.82) is 0 Å². The maximum atomic E-state index is 6.52. The van der Waals surface area contributed by atoms with Gasteiger partial charge in [-0.05, 0) is 68.8 Å². The van der Waals surface area contributed by atoms with Crippen molar-refractivity contribution in [2.24, 2.45) is 0 Å². The minimum atomic E-state index is 0.343. The lowest BCUT2D eigenvalue weighted by molar-refractivity contribution is 0.269. The SMILES string of the molecule is CCOc1cc(CNCCCN(CC)CC)c(Cl)cc1OCc1ccc(Cl)c(Cl)c1. The maximum absolute atomic E-state index is 6.52. The number of benzene rings is 2. The summed E-state index contributed by atoms with van der Waals surface area (Å²) in [5.74, 6) is 1.29. The van der Waals surface area contributed by atoms with Gasteiger partial charge in [0.05, 0.1) is 16.7 Å². The zero-order valence-electron chi connectivity index (χ0n) is 17.9. The standard InChI is InChI=1S/C23H31Cl3N2O2/c1-4-28(5-2)11-7-10-27-15-18-13-22(29-6-3)23(14-20(18)25)30-16-17-8-9-19(24)21(26)12-17/h8-9,12-14,27H,4-7,10-11,15-16H2,1-3H3. The Kier molecular flexibility index (Phi) is 11.1. The van der Waals surface area contributed by atoms with E-state index in [-0.39, 0.29) is 0 Å². The van der Waals surface area contributed by atoms with Gasteiger partial charge in [0.2, 0.25) is 0 Å². The van der Waals surface area contributed by atoms with E-state index in [1.165, 1.54) is 0 Å². The lowest BCUT2D eigenvalue weighted by Crippen LogP contribution is -2.27. The molecule has 0 aromatic heterocycles. The minimum absolute atomic E-state index is 0.343. The summed E-state index contributed by atoms with van der Waals surface area (Å²) in [5.41, 5.74) is 1.91.